The van der Waals surface area contributed by atoms with E-state index in [2.05, 4.69) is 4.74 Å². The van der Waals surface area contributed by atoms with Gasteiger partial charge < -0.3 is 9.84 Å². The molecule has 0 saturated carbocycles. The van der Waals surface area contributed by atoms with E-state index in [1.54, 1.807) is 0 Å². The van der Waals surface area contributed by atoms with Gasteiger partial charge in [0.1, 0.15) is 0 Å². The standard InChI is InChI=1S/C8H9F7O3/c9-6(10,7(11,12)13)8(14,15)18-4-2-1-3-5(16)17/h1-4H2,(H,16,17). The predicted octanol–water partition coefficient (Wildman–Crippen LogP) is 3.05. The minimum Gasteiger partial charge on any atom is -0.481 e. The quantitative estimate of drug-likeness (QED) is 0.578. The molecule has 18 heavy (non-hydrogen) atoms. The molecule has 0 aliphatic heterocycles. The maximum atomic E-state index is 12.5. The Morgan fingerprint density at radius 2 is 1.50 bits per heavy atom. The summed E-state index contributed by atoms with van der Waals surface area (Å²) in [5.74, 6) is -7.55. The molecule has 108 valence electrons. The lowest BCUT2D eigenvalue weighted by atomic mass is 10.2. The molecule has 0 fully saturated rings. The lowest BCUT2D eigenvalue weighted by Crippen LogP contribution is -2.53. The largest absolute Gasteiger partial charge is 0.481 e. The number of alkyl halides is 7. The summed E-state index contributed by atoms with van der Waals surface area (Å²) in [6, 6.07) is 0. The minimum absolute atomic E-state index is 0.178. The molecule has 0 radical (unpaired) electrons. The summed E-state index contributed by atoms with van der Waals surface area (Å²) in [7, 11) is 0. The van der Waals surface area contributed by atoms with Gasteiger partial charge in [0.15, 0.2) is 0 Å². The highest BCUT2D eigenvalue weighted by molar-refractivity contribution is 5.66. The first kappa shape index (κ1) is 16.9. The van der Waals surface area contributed by atoms with Gasteiger partial charge in [0.05, 0.1) is 6.61 Å². The Hall–Kier alpha value is -1.06. The van der Waals surface area contributed by atoms with E-state index in [1.165, 1.54) is 0 Å². The molecule has 0 heterocycles. The van der Waals surface area contributed by atoms with Crippen LogP contribution in [0, 0.1) is 0 Å². The fourth-order valence-electron chi connectivity index (χ4n) is 0.834. The predicted molar refractivity (Wildman–Crippen MR) is 43.4 cm³/mol. The van der Waals surface area contributed by atoms with Crippen molar-refractivity contribution >= 4 is 5.97 Å². The summed E-state index contributed by atoms with van der Waals surface area (Å²) < 4.78 is 87.5. The van der Waals surface area contributed by atoms with Crippen LogP contribution in [0.25, 0.3) is 0 Å². The molecular formula is C8H9F7O3. The van der Waals surface area contributed by atoms with Gasteiger partial charge >= 0.3 is 24.2 Å². The fraction of sp³-hybridized carbons (Fsp3) is 0.875. The van der Waals surface area contributed by atoms with Crippen LogP contribution in [0.2, 0.25) is 0 Å². The number of ether oxygens (including phenoxy) is 1. The van der Waals surface area contributed by atoms with Crippen LogP contribution in [0.3, 0.4) is 0 Å². The molecule has 0 bridgehead atoms. The smallest absolute Gasteiger partial charge is 0.462 e. The van der Waals surface area contributed by atoms with E-state index in [1.807, 2.05) is 0 Å². The molecule has 0 spiro atoms. The highest BCUT2D eigenvalue weighted by atomic mass is 19.4. The average molecular weight is 286 g/mol. The Morgan fingerprint density at radius 3 is 1.89 bits per heavy atom. The third kappa shape index (κ3) is 4.31. The molecule has 0 amide bonds. The van der Waals surface area contributed by atoms with Crippen LogP contribution in [0.4, 0.5) is 30.7 Å². The number of halogens is 7. The van der Waals surface area contributed by atoms with Crippen LogP contribution >= 0.6 is 0 Å². The summed E-state index contributed by atoms with van der Waals surface area (Å²) in [5, 5.41) is 8.15. The highest BCUT2D eigenvalue weighted by Gasteiger charge is 2.74. The van der Waals surface area contributed by atoms with Crippen LogP contribution in [0.15, 0.2) is 0 Å². The average Bonchev–Trinajstić information content (AvgIpc) is 2.14. The number of hydrogen-bond acceptors (Lipinski definition) is 2. The number of aliphatic carboxylic acids is 1. The Kier molecular flexibility index (Phi) is 5.38. The summed E-state index contributed by atoms with van der Waals surface area (Å²) in [6.07, 6.45) is -13.1. The number of rotatable bonds is 7. The molecule has 0 aromatic heterocycles. The van der Waals surface area contributed by atoms with Crippen LogP contribution in [-0.2, 0) is 9.53 Å². The lowest BCUT2D eigenvalue weighted by molar-refractivity contribution is -0.423. The molecule has 10 heteroatoms. The van der Waals surface area contributed by atoms with E-state index in [0.717, 1.165) is 0 Å². The molecular weight excluding hydrogens is 277 g/mol. The van der Waals surface area contributed by atoms with Crippen molar-refractivity contribution < 1.29 is 45.4 Å². The molecule has 0 aromatic rings. The van der Waals surface area contributed by atoms with Crippen molar-refractivity contribution in [2.24, 2.45) is 0 Å². The van der Waals surface area contributed by atoms with E-state index < -0.39 is 37.2 Å². The summed E-state index contributed by atoms with van der Waals surface area (Å²) in [5.41, 5.74) is 0. The van der Waals surface area contributed by atoms with Crippen LogP contribution in [0.5, 0.6) is 0 Å². The molecule has 0 unspecified atom stereocenters. The van der Waals surface area contributed by atoms with Gasteiger partial charge in [-0.05, 0) is 12.8 Å². The molecule has 0 atom stereocenters. The first-order chi connectivity index (χ1) is 7.92. The number of carboxylic acid groups (broad SMARTS) is 1. The zero-order chi connectivity index (χ0) is 14.6. The van der Waals surface area contributed by atoms with Crippen molar-refractivity contribution in [3.63, 3.8) is 0 Å². The lowest BCUT2D eigenvalue weighted by Gasteiger charge is -2.27. The molecule has 0 aromatic carbocycles. The fourth-order valence-corrected chi connectivity index (χ4v) is 0.834. The number of hydrogen-bond donors (Lipinski definition) is 1. The van der Waals surface area contributed by atoms with Crippen molar-refractivity contribution in [2.75, 3.05) is 6.61 Å². The van der Waals surface area contributed by atoms with Crippen molar-refractivity contribution in [1.29, 1.82) is 0 Å². The Labute approximate surface area is 96.5 Å². The first-order valence-electron chi connectivity index (χ1n) is 4.60. The third-order valence-corrected chi connectivity index (χ3v) is 1.79. The van der Waals surface area contributed by atoms with Crippen LogP contribution in [-0.4, -0.2) is 35.9 Å². The second-order valence-corrected chi connectivity index (χ2v) is 3.29. The van der Waals surface area contributed by atoms with Gasteiger partial charge in [-0.15, -0.1) is 0 Å². The Bertz CT molecular complexity index is 287. The Morgan fingerprint density at radius 1 is 1.00 bits per heavy atom. The molecule has 0 aliphatic rings. The SMILES string of the molecule is O=C(O)CCCCOC(F)(F)C(F)(F)C(F)(F)F. The van der Waals surface area contributed by atoms with Crippen molar-refractivity contribution in [2.45, 2.75) is 37.5 Å². The maximum absolute atomic E-state index is 12.5. The van der Waals surface area contributed by atoms with Gasteiger partial charge in [-0.25, -0.2) is 0 Å². The normalized spacial score (nSPS) is 13.7. The topological polar surface area (TPSA) is 46.5 Å². The van der Waals surface area contributed by atoms with Gasteiger partial charge in [0.2, 0.25) is 0 Å². The van der Waals surface area contributed by atoms with Crippen molar-refractivity contribution in [3.8, 4) is 0 Å². The maximum Gasteiger partial charge on any atom is 0.462 e. The van der Waals surface area contributed by atoms with Gasteiger partial charge in [-0.2, -0.15) is 30.7 Å². The first-order valence-corrected chi connectivity index (χ1v) is 4.60. The van der Waals surface area contributed by atoms with Crippen molar-refractivity contribution in [3.05, 3.63) is 0 Å². The second-order valence-electron chi connectivity index (χ2n) is 3.29. The highest BCUT2D eigenvalue weighted by Crippen LogP contribution is 2.46. The summed E-state index contributed by atoms with van der Waals surface area (Å²) in [6.45, 7) is -1.11. The number of unbranched alkanes of at least 4 members (excludes halogenated alkanes) is 1. The number of carbonyl (C=O) groups is 1. The summed E-state index contributed by atoms with van der Waals surface area (Å²) >= 11 is 0. The van der Waals surface area contributed by atoms with E-state index >= 15 is 0 Å². The van der Waals surface area contributed by atoms with E-state index in [-0.39, 0.29) is 12.8 Å². The zero-order valence-corrected chi connectivity index (χ0v) is 8.74. The second kappa shape index (κ2) is 5.72. The molecule has 0 aliphatic carbocycles. The van der Waals surface area contributed by atoms with Crippen molar-refractivity contribution in [1.82, 2.24) is 0 Å². The van der Waals surface area contributed by atoms with Crippen LogP contribution < -0.4 is 0 Å². The zero-order valence-electron chi connectivity index (χ0n) is 8.74. The van der Waals surface area contributed by atoms with Gasteiger partial charge in [0.25, 0.3) is 0 Å². The molecule has 1 N–H and O–H groups in total. The molecule has 3 nitrogen and oxygen atoms in total. The van der Waals surface area contributed by atoms with E-state index in [9.17, 15) is 35.5 Å². The van der Waals surface area contributed by atoms with E-state index in [0.29, 0.717) is 0 Å². The minimum atomic E-state index is -6.43. The summed E-state index contributed by atoms with van der Waals surface area (Å²) in [4.78, 5) is 9.99. The van der Waals surface area contributed by atoms with Crippen LogP contribution in [0.1, 0.15) is 19.3 Å². The Balaban J connectivity index is 4.27. The molecule has 0 saturated heterocycles. The van der Waals surface area contributed by atoms with Gasteiger partial charge in [-0.3, -0.25) is 4.79 Å². The number of carboxylic acids is 1. The van der Waals surface area contributed by atoms with E-state index in [4.69, 9.17) is 5.11 Å². The monoisotopic (exact) mass is 286 g/mol. The van der Waals surface area contributed by atoms with Gasteiger partial charge in [-0.1, -0.05) is 0 Å². The molecule has 0 rings (SSSR count). The van der Waals surface area contributed by atoms with Gasteiger partial charge in [0, 0.05) is 6.42 Å². The third-order valence-electron chi connectivity index (χ3n) is 1.79.